The van der Waals surface area contributed by atoms with Gasteiger partial charge in [0.25, 0.3) is 0 Å². The van der Waals surface area contributed by atoms with Gasteiger partial charge in [-0.15, -0.1) is 0 Å². The van der Waals surface area contributed by atoms with Crippen molar-refractivity contribution in [2.75, 3.05) is 0 Å². The van der Waals surface area contributed by atoms with E-state index in [1.54, 1.807) is 0 Å². The number of hydrogen-bond acceptors (Lipinski definition) is 1. The van der Waals surface area contributed by atoms with Crippen LogP contribution in [0.1, 0.15) is 25.0 Å². The lowest BCUT2D eigenvalue weighted by atomic mass is 9.97. The Morgan fingerprint density at radius 3 is 2.38 bits per heavy atom. The zero-order chi connectivity index (χ0) is 12.4. The van der Waals surface area contributed by atoms with Gasteiger partial charge in [0.15, 0.2) is 8.32 Å². The minimum atomic E-state index is -1.53. The highest BCUT2D eigenvalue weighted by Gasteiger charge is 2.28. The first kappa shape index (κ1) is 13.2. The lowest BCUT2D eigenvalue weighted by Gasteiger charge is -2.33. The molecule has 0 spiro atoms. The maximum absolute atomic E-state index is 6.22. The normalized spacial score (nSPS) is 12.6. The summed E-state index contributed by atoms with van der Waals surface area (Å²) in [6, 6.07) is 8.38. The second-order valence-corrected chi connectivity index (χ2v) is 9.98. The smallest absolute Gasteiger partial charge is 0.184 e. The third kappa shape index (κ3) is 3.61. The maximum Gasteiger partial charge on any atom is 0.184 e. The minimum Gasteiger partial charge on any atom is -0.409 e. The molecule has 0 aromatic heterocycles. The predicted molar refractivity (Wildman–Crippen MR) is 74.0 cm³/mol. The van der Waals surface area contributed by atoms with E-state index < -0.39 is 8.32 Å². The van der Waals surface area contributed by atoms with E-state index in [0.717, 1.165) is 5.56 Å². The highest BCUT2D eigenvalue weighted by atomic mass is 28.4. The molecule has 16 heavy (non-hydrogen) atoms. The van der Waals surface area contributed by atoms with E-state index in [1.807, 2.05) is 6.08 Å². The Balaban J connectivity index is 3.01. The van der Waals surface area contributed by atoms with E-state index in [9.17, 15) is 0 Å². The first-order valence-corrected chi connectivity index (χ1v) is 9.08. The highest BCUT2D eigenvalue weighted by molar-refractivity contribution is 6.69. The molecule has 0 aliphatic heterocycles. The molecule has 88 valence electrons. The Morgan fingerprint density at radius 1 is 1.25 bits per heavy atom. The van der Waals surface area contributed by atoms with Crippen molar-refractivity contribution in [1.29, 1.82) is 0 Å². The van der Waals surface area contributed by atoms with Crippen molar-refractivity contribution in [3.63, 3.8) is 0 Å². The third-order valence-electron chi connectivity index (χ3n) is 2.38. The largest absolute Gasteiger partial charge is 0.409 e. The monoisotopic (exact) mass is 234 g/mol. The Kier molecular flexibility index (Phi) is 3.76. The van der Waals surface area contributed by atoms with Gasteiger partial charge in [-0.3, -0.25) is 0 Å². The second kappa shape index (κ2) is 4.56. The fraction of sp³-hybridized carbons (Fsp3) is 0.429. The van der Waals surface area contributed by atoms with Crippen LogP contribution in [0.25, 0.3) is 6.08 Å². The van der Waals surface area contributed by atoms with E-state index in [-0.39, 0.29) is 5.60 Å². The molecule has 0 aliphatic carbocycles. The van der Waals surface area contributed by atoms with E-state index in [1.165, 1.54) is 5.56 Å². The van der Waals surface area contributed by atoms with Crippen LogP contribution >= 0.6 is 0 Å². The van der Waals surface area contributed by atoms with Crippen molar-refractivity contribution in [2.24, 2.45) is 0 Å². The molecule has 0 N–H and O–H groups in total. The van der Waals surface area contributed by atoms with Gasteiger partial charge in [0.05, 0.1) is 5.60 Å². The molecule has 0 aliphatic rings. The van der Waals surface area contributed by atoms with Crippen LogP contribution < -0.4 is 0 Å². The lowest BCUT2D eigenvalue weighted by molar-refractivity contribution is 0.1000. The zero-order valence-corrected chi connectivity index (χ0v) is 12.0. The summed E-state index contributed by atoms with van der Waals surface area (Å²) in [4.78, 5) is 0. The van der Waals surface area contributed by atoms with Crippen LogP contribution in [-0.4, -0.2) is 8.32 Å². The summed E-state index contributed by atoms with van der Waals surface area (Å²) in [6.45, 7) is 14.7. The minimum absolute atomic E-state index is 0.219. The van der Waals surface area contributed by atoms with Crippen molar-refractivity contribution in [1.82, 2.24) is 0 Å². The summed E-state index contributed by atoms with van der Waals surface area (Å²) in [6.07, 6.45) is 1.87. The highest BCUT2D eigenvalue weighted by Crippen LogP contribution is 2.29. The van der Waals surface area contributed by atoms with E-state index in [4.69, 9.17) is 4.43 Å². The van der Waals surface area contributed by atoms with Gasteiger partial charge >= 0.3 is 0 Å². The van der Waals surface area contributed by atoms with E-state index in [2.05, 4.69) is 64.3 Å². The van der Waals surface area contributed by atoms with Crippen LogP contribution in [0.15, 0.2) is 30.8 Å². The molecule has 0 unspecified atom stereocenters. The summed E-state index contributed by atoms with van der Waals surface area (Å²) in [5, 5.41) is 0. The summed E-state index contributed by atoms with van der Waals surface area (Å²) in [5.41, 5.74) is 2.14. The van der Waals surface area contributed by atoms with Crippen molar-refractivity contribution in [2.45, 2.75) is 39.1 Å². The molecule has 1 aromatic rings. The summed E-state index contributed by atoms with van der Waals surface area (Å²) >= 11 is 0. The number of rotatable bonds is 4. The molecule has 0 amide bonds. The molecular formula is C14H22OSi. The molecule has 0 saturated heterocycles. The van der Waals surface area contributed by atoms with Crippen molar-refractivity contribution in [3.05, 3.63) is 42.0 Å². The van der Waals surface area contributed by atoms with Crippen LogP contribution in [0.3, 0.4) is 0 Å². The molecule has 0 bridgehead atoms. The van der Waals surface area contributed by atoms with Crippen LogP contribution in [0.4, 0.5) is 0 Å². The molecule has 0 fully saturated rings. The van der Waals surface area contributed by atoms with Gasteiger partial charge in [0.1, 0.15) is 0 Å². The molecule has 1 aromatic carbocycles. The quantitative estimate of drug-likeness (QED) is 0.701. The van der Waals surface area contributed by atoms with E-state index in [0.29, 0.717) is 0 Å². The summed E-state index contributed by atoms with van der Waals surface area (Å²) in [5.74, 6) is 0. The fourth-order valence-electron chi connectivity index (χ4n) is 1.86. The topological polar surface area (TPSA) is 9.23 Å². The average Bonchev–Trinajstić information content (AvgIpc) is 2.14. The first-order chi connectivity index (χ1) is 7.24. The molecule has 0 radical (unpaired) electrons. The SMILES string of the molecule is C=Cc1cccc(C(C)(C)O[Si](C)(C)C)c1. The Labute approximate surface area is 100 Å². The van der Waals surface area contributed by atoms with Crippen molar-refractivity contribution >= 4 is 14.4 Å². The zero-order valence-electron chi connectivity index (χ0n) is 11.0. The Bertz CT molecular complexity index is 375. The van der Waals surface area contributed by atoms with Gasteiger partial charge in [-0.2, -0.15) is 0 Å². The van der Waals surface area contributed by atoms with Crippen LogP contribution in [0.2, 0.25) is 19.6 Å². The number of hydrogen-bond donors (Lipinski definition) is 0. The van der Waals surface area contributed by atoms with Crippen molar-refractivity contribution in [3.8, 4) is 0 Å². The molecule has 0 saturated carbocycles. The Morgan fingerprint density at radius 2 is 1.88 bits per heavy atom. The fourth-order valence-corrected chi connectivity index (χ4v) is 3.51. The van der Waals surface area contributed by atoms with Gasteiger partial charge < -0.3 is 4.43 Å². The van der Waals surface area contributed by atoms with Gasteiger partial charge in [0.2, 0.25) is 0 Å². The second-order valence-electron chi connectivity index (χ2n) is 5.55. The first-order valence-electron chi connectivity index (χ1n) is 5.68. The van der Waals surface area contributed by atoms with Gasteiger partial charge in [-0.1, -0.05) is 30.9 Å². The molecule has 0 atom stereocenters. The number of benzene rings is 1. The van der Waals surface area contributed by atoms with E-state index >= 15 is 0 Å². The van der Waals surface area contributed by atoms with Crippen LogP contribution in [0, 0.1) is 0 Å². The maximum atomic E-state index is 6.22. The molecule has 2 heteroatoms. The predicted octanol–water partition coefficient (Wildman–Crippen LogP) is 4.42. The van der Waals surface area contributed by atoms with Crippen LogP contribution in [-0.2, 0) is 10.0 Å². The molecule has 0 heterocycles. The van der Waals surface area contributed by atoms with Gasteiger partial charge in [-0.25, -0.2) is 0 Å². The average molecular weight is 234 g/mol. The molecule has 1 rings (SSSR count). The molecule has 1 nitrogen and oxygen atoms in total. The third-order valence-corrected chi connectivity index (χ3v) is 3.50. The van der Waals surface area contributed by atoms with Crippen LogP contribution in [0.5, 0.6) is 0 Å². The standard InChI is InChI=1S/C14H22OSi/c1-7-12-9-8-10-13(11-12)14(2,3)15-16(4,5)6/h7-11H,1H2,2-6H3. The molecular weight excluding hydrogens is 212 g/mol. The van der Waals surface area contributed by atoms with Gasteiger partial charge in [-0.05, 0) is 50.7 Å². The van der Waals surface area contributed by atoms with Gasteiger partial charge in [0, 0.05) is 0 Å². The lowest BCUT2D eigenvalue weighted by Crippen LogP contribution is -2.36. The summed E-state index contributed by atoms with van der Waals surface area (Å²) < 4.78 is 6.22. The van der Waals surface area contributed by atoms with Crippen molar-refractivity contribution < 1.29 is 4.43 Å². The summed E-state index contributed by atoms with van der Waals surface area (Å²) in [7, 11) is -1.53. The Hall–Kier alpha value is -0.863.